The van der Waals surface area contributed by atoms with Gasteiger partial charge in [-0.3, -0.25) is 14.2 Å². The maximum atomic E-state index is 13.3. The van der Waals surface area contributed by atoms with Crippen LogP contribution in [0.25, 0.3) is 0 Å². The lowest BCUT2D eigenvalue weighted by Crippen LogP contribution is -2.42. The maximum Gasteiger partial charge on any atom is 0.356 e. The minimum absolute atomic E-state index is 0.160. The molecule has 0 aromatic heterocycles. The highest BCUT2D eigenvalue weighted by atomic mass is 31.2. The molecule has 0 saturated carbocycles. The molecule has 1 saturated heterocycles. The van der Waals surface area contributed by atoms with E-state index in [9.17, 15) is 29.0 Å². The molecule has 0 aromatic rings. The molecule has 9 nitrogen and oxygen atoms in total. The van der Waals surface area contributed by atoms with E-state index in [-0.39, 0.29) is 25.2 Å². The van der Waals surface area contributed by atoms with Crippen LogP contribution in [0, 0.1) is 0 Å². The zero-order chi connectivity index (χ0) is 35.3. The number of ether oxygens (including phenoxy) is 3. The largest absolute Gasteiger partial charge is 0.457 e. The maximum absolute atomic E-state index is 13.3. The average Bonchev–Trinajstić information content (AvgIpc) is 3.25. The summed E-state index contributed by atoms with van der Waals surface area (Å²) in [6.07, 6.45) is 27.4. The normalized spacial score (nSPS) is 20.1. The molecule has 1 fully saturated rings. The molecule has 10 heteroatoms. The number of aliphatic hydroxyl groups excluding tert-OH is 1. The van der Waals surface area contributed by atoms with Gasteiger partial charge in [-0.25, -0.2) is 0 Å². The van der Waals surface area contributed by atoms with Crippen LogP contribution >= 0.6 is 7.60 Å². The quantitative estimate of drug-likeness (QED) is 0.0355. The monoisotopic (exact) mass is 704 g/mol. The molecular weight excluding hydrogens is 631 g/mol. The zero-order valence-corrected chi connectivity index (χ0v) is 31.7. The van der Waals surface area contributed by atoms with Gasteiger partial charge in [0.2, 0.25) is 0 Å². The van der Waals surface area contributed by atoms with Gasteiger partial charge in [0, 0.05) is 12.8 Å². The summed E-state index contributed by atoms with van der Waals surface area (Å²) in [5.41, 5.74) is 0. The highest BCUT2D eigenvalue weighted by molar-refractivity contribution is 7.52. The van der Waals surface area contributed by atoms with E-state index >= 15 is 0 Å². The van der Waals surface area contributed by atoms with Crippen molar-refractivity contribution in [2.24, 2.45) is 0 Å². The zero-order valence-electron chi connectivity index (χ0n) is 30.8. The van der Waals surface area contributed by atoms with E-state index in [2.05, 4.69) is 13.8 Å². The second-order valence-electron chi connectivity index (χ2n) is 14.1. The van der Waals surface area contributed by atoms with E-state index in [1.807, 2.05) is 0 Å². The molecule has 0 amide bonds. The molecule has 1 aliphatic heterocycles. The van der Waals surface area contributed by atoms with Crippen LogP contribution in [0.2, 0.25) is 0 Å². The van der Waals surface area contributed by atoms with Crippen LogP contribution in [0.15, 0.2) is 0 Å². The number of carbonyl (C=O) groups excluding carboxylic acids is 2. The number of unbranched alkanes of at least 4 members (excludes halogenated alkanes) is 24. The molecule has 284 valence electrons. The fourth-order valence-electron chi connectivity index (χ4n) is 6.51. The molecule has 0 aliphatic carbocycles. The summed E-state index contributed by atoms with van der Waals surface area (Å²) in [5.74, 6) is -2.66. The summed E-state index contributed by atoms with van der Waals surface area (Å²) in [5, 5.41) is 9.72. The lowest BCUT2D eigenvalue weighted by Gasteiger charge is -2.27. The van der Waals surface area contributed by atoms with Crippen molar-refractivity contribution in [2.45, 2.75) is 218 Å². The Morgan fingerprint density at radius 2 is 1.00 bits per heavy atom. The van der Waals surface area contributed by atoms with E-state index in [1.54, 1.807) is 0 Å². The molecule has 0 spiro atoms. The molecule has 0 bridgehead atoms. The minimum Gasteiger partial charge on any atom is -0.457 e. The second kappa shape index (κ2) is 29.9. The van der Waals surface area contributed by atoms with Crippen molar-refractivity contribution in [3.05, 3.63) is 0 Å². The van der Waals surface area contributed by atoms with E-state index < -0.39 is 44.3 Å². The van der Waals surface area contributed by atoms with Gasteiger partial charge in [-0.05, 0) is 12.8 Å². The fourth-order valence-corrected chi connectivity index (χ4v) is 7.41. The third-order valence-electron chi connectivity index (χ3n) is 9.54. The molecular formula is C38H73O9P. The van der Waals surface area contributed by atoms with Crippen molar-refractivity contribution in [3.8, 4) is 0 Å². The summed E-state index contributed by atoms with van der Waals surface area (Å²) < 4.78 is 29.0. The number of aliphatic hydroxyl groups is 1. The molecule has 48 heavy (non-hydrogen) atoms. The van der Waals surface area contributed by atoms with Crippen LogP contribution in [0.3, 0.4) is 0 Å². The Labute approximate surface area is 293 Å². The second-order valence-corrected chi connectivity index (χ2v) is 15.8. The highest BCUT2D eigenvalue weighted by Gasteiger charge is 2.47. The summed E-state index contributed by atoms with van der Waals surface area (Å²) in [6, 6.07) is 0. The van der Waals surface area contributed by atoms with Crippen LogP contribution in [0.4, 0.5) is 0 Å². The van der Waals surface area contributed by atoms with Gasteiger partial charge in [-0.1, -0.05) is 168 Å². The van der Waals surface area contributed by atoms with E-state index in [0.29, 0.717) is 12.8 Å². The molecule has 0 radical (unpaired) electrons. The first-order chi connectivity index (χ1) is 23.2. The smallest absolute Gasteiger partial charge is 0.356 e. The molecule has 1 heterocycles. The van der Waals surface area contributed by atoms with E-state index in [1.165, 1.54) is 116 Å². The molecule has 1 rings (SSSR count). The fraction of sp³-hybridized carbons (Fsp3) is 0.947. The SMILES string of the molecule is CCCCCCCCCCCCCCCC(=O)OC1COC(CO)C(P(=O)(O)O)OC1C(=O)CCCCCCCCCCCCCCC. The first-order valence-electron chi connectivity index (χ1n) is 19.9. The van der Waals surface area contributed by atoms with Crippen LogP contribution < -0.4 is 0 Å². The van der Waals surface area contributed by atoms with Crippen LogP contribution in [-0.2, 0) is 28.4 Å². The summed E-state index contributed by atoms with van der Waals surface area (Å²) in [6.45, 7) is 3.50. The van der Waals surface area contributed by atoms with Crippen LogP contribution in [0.5, 0.6) is 0 Å². The lowest BCUT2D eigenvalue weighted by atomic mass is 10.0. The van der Waals surface area contributed by atoms with Crippen molar-refractivity contribution in [2.75, 3.05) is 13.2 Å². The Bertz CT molecular complexity index is 833. The van der Waals surface area contributed by atoms with Crippen molar-refractivity contribution >= 4 is 19.3 Å². The Morgan fingerprint density at radius 3 is 1.38 bits per heavy atom. The Hall–Kier alpha value is -0.830. The van der Waals surface area contributed by atoms with E-state index in [4.69, 9.17) is 14.2 Å². The number of esters is 1. The number of hydrogen-bond donors (Lipinski definition) is 3. The van der Waals surface area contributed by atoms with Crippen molar-refractivity contribution in [3.63, 3.8) is 0 Å². The average molecular weight is 705 g/mol. The van der Waals surface area contributed by atoms with Gasteiger partial charge < -0.3 is 29.1 Å². The van der Waals surface area contributed by atoms with Gasteiger partial charge in [0.05, 0.1) is 13.2 Å². The lowest BCUT2D eigenvalue weighted by molar-refractivity contribution is -0.162. The summed E-state index contributed by atoms with van der Waals surface area (Å²) in [7, 11) is -4.88. The third kappa shape index (κ3) is 22.8. The highest BCUT2D eigenvalue weighted by Crippen LogP contribution is 2.46. The predicted octanol–water partition coefficient (Wildman–Crippen LogP) is 9.71. The molecule has 4 unspecified atom stereocenters. The van der Waals surface area contributed by atoms with Gasteiger partial charge in [0.1, 0.15) is 6.10 Å². The van der Waals surface area contributed by atoms with Gasteiger partial charge in [0.25, 0.3) is 0 Å². The standard InChI is InChI=1S/C38H73O9P/c1-3-5-7-9-11-13-15-17-19-21-23-25-27-29-33(40)37-35(32-45-34(31-39)38(47-37)48(42,43)44)46-36(41)30-28-26-24-22-20-18-16-14-12-10-8-6-4-2/h34-35,37-39H,3-32H2,1-2H3,(H2,42,43,44). The van der Waals surface area contributed by atoms with Crippen molar-refractivity contribution in [1.82, 2.24) is 0 Å². The molecule has 3 N–H and O–H groups in total. The van der Waals surface area contributed by atoms with Gasteiger partial charge in [-0.15, -0.1) is 0 Å². The molecule has 1 aliphatic rings. The number of hydrogen-bond acceptors (Lipinski definition) is 7. The topological polar surface area (TPSA) is 140 Å². The Kier molecular flexibility index (Phi) is 28.1. The number of Topliss-reactive ketones (excluding diaryl/α,β-unsaturated/α-hetero) is 1. The van der Waals surface area contributed by atoms with Crippen LogP contribution in [-0.4, -0.2) is 64.0 Å². The van der Waals surface area contributed by atoms with Gasteiger partial charge in [0.15, 0.2) is 23.8 Å². The van der Waals surface area contributed by atoms with Crippen LogP contribution in [0.1, 0.15) is 194 Å². The van der Waals surface area contributed by atoms with Crippen molar-refractivity contribution in [1.29, 1.82) is 0 Å². The van der Waals surface area contributed by atoms with Gasteiger partial charge in [-0.2, -0.15) is 0 Å². The summed E-state index contributed by atoms with van der Waals surface area (Å²) >= 11 is 0. The molecule has 4 atom stereocenters. The minimum atomic E-state index is -4.88. The first-order valence-corrected chi connectivity index (χ1v) is 21.6. The van der Waals surface area contributed by atoms with Gasteiger partial charge >= 0.3 is 13.6 Å². The predicted molar refractivity (Wildman–Crippen MR) is 193 cm³/mol. The summed E-state index contributed by atoms with van der Waals surface area (Å²) in [4.78, 5) is 45.9. The Morgan fingerprint density at radius 1 is 0.625 bits per heavy atom. The van der Waals surface area contributed by atoms with Crippen molar-refractivity contribution < 1.29 is 43.3 Å². The van der Waals surface area contributed by atoms with E-state index in [0.717, 1.165) is 38.5 Å². The number of carbonyl (C=O) groups is 2. The Balaban J connectivity index is 2.42. The number of rotatable bonds is 32. The molecule has 0 aromatic carbocycles. The third-order valence-corrected chi connectivity index (χ3v) is 10.7. The first kappa shape index (κ1) is 45.2. The number of ketones is 1.